The van der Waals surface area contributed by atoms with Gasteiger partial charge in [0.25, 0.3) is 5.78 Å². The molecule has 1 amide bonds. The fourth-order valence-electron chi connectivity index (χ4n) is 3.46. The van der Waals surface area contributed by atoms with Crippen LogP contribution in [0.15, 0.2) is 48.8 Å². The van der Waals surface area contributed by atoms with Crippen molar-refractivity contribution in [2.75, 3.05) is 13.2 Å². The molecule has 0 fully saturated rings. The summed E-state index contributed by atoms with van der Waals surface area (Å²) in [5.41, 5.74) is 2.89. The maximum atomic E-state index is 12.2. The van der Waals surface area contributed by atoms with Gasteiger partial charge in [0.05, 0.1) is 6.54 Å². The molecule has 7 nitrogen and oxygen atoms in total. The second kappa shape index (κ2) is 8.26. The SMILES string of the molecule is Cc1nc2ncnn2c(C)c1CCC(=O)NCCOc1ccc2ccccc2c1. The van der Waals surface area contributed by atoms with Gasteiger partial charge in [-0.2, -0.15) is 10.1 Å². The molecule has 4 aromatic rings. The molecule has 0 spiro atoms. The predicted molar refractivity (Wildman–Crippen MR) is 111 cm³/mol. The highest BCUT2D eigenvalue weighted by atomic mass is 16.5. The lowest BCUT2D eigenvalue weighted by molar-refractivity contribution is -0.121. The van der Waals surface area contributed by atoms with E-state index in [4.69, 9.17) is 4.74 Å². The average molecular weight is 389 g/mol. The normalized spacial score (nSPS) is 11.1. The van der Waals surface area contributed by atoms with Gasteiger partial charge in [-0.05, 0) is 48.7 Å². The first-order chi connectivity index (χ1) is 14.1. The zero-order valence-electron chi connectivity index (χ0n) is 16.6. The maximum Gasteiger partial charge on any atom is 0.252 e. The van der Waals surface area contributed by atoms with Gasteiger partial charge in [-0.3, -0.25) is 4.79 Å². The minimum absolute atomic E-state index is 0.00963. The summed E-state index contributed by atoms with van der Waals surface area (Å²) in [5, 5.41) is 9.41. The van der Waals surface area contributed by atoms with Crippen LogP contribution in [0.5, 0.6) is 5.75 Å². The molecule has 1 N–H and O–H groups in total. The van der Waals surface area contributed by atoms with Crippen molar-refractivity contribution in [3.8, 4) is 5.75 Å². The van der Waals surface area contributed by atoms with E-state index in [1.165, 1.54) is 11.7 Å². The number of benzene rings is 2. The highest BCUT2D eigenvalue weighted by Gasteiger charge is 2.12. The highest BCUT2D eigenvalue weighted by molar-refractivity contribution is 5.83. The second-order valence-corrected chi connectivity index (χ2v) is 6.94. The first-order valence-electron chi connectivity index (χ1n) is 9.66. The van der Waals surface area contributed by atoms with Crippen LogP contribution in [0.2, 0.25) is 0 Å². The number of amides is 1. The highest BCUT2D eigenvalue weighted by Crippen LogP contribution is 2.20. The summed E-state index contributed by atoms with van der Waals surface area (Å²) in [7, 11) is 0. The lowest BCUT2D eigenvalue weighted by atomic mass is 10.1. The third-order valence-corrected chi connectivity index (χ3v) is 5.00. The Hall–Kier alpha value is -3.48. The Kier molecular flexibility index (Phi) is 5.37. The maximum absolute atomic E-state index is 12.2. The Labute approximate surface area is 168 Å². The number of carbonyl (C=O) groups is 1. The molecular weight excluding hydrogens is 366 g/mol. The molecule has 7 heteroatoms. The molecule has 0 atom stereocenters. The molecule has 0 saturated heterocycles. The van der Waals surface area contributed by atoms with Crippen molar-refractivity contribution in [3.05, 3.63) is 65.7 Å². The van der Waals surface area contributed by atoms with Gasteiger partial charge in [0, 0.05) is 17.8 Å². The summed E-state index contributed by atoms with van der Waals surface area (Å²) >= 11 is 0. The van der Waals surface area contributed by atoms with E-state index in [2.05, 4.69) is 32.5 Å². The summed E-state index contributed by atoms with van der Waals surface area (Å²) in [6.45, 7) is 4.80. The van der Waals surface area contributed by atoms with Gasteiger partial charge in [-0.25, -0.2) is 9.50 Å². The number of fused-ring (bicyclic) bond motifs is 2. The molecule has 2 aromatic heterocycles. The molecule has 0 aliphatic carbocycles. The van der Waals surface area contributed by atoms with Crippen molar-refractivity contribution in [3.63, 3.8) is 0 Å². The smallest absolute Gasteiger partial charge is 0.252 e. The monoisotopic (exact) mass is 389 g/mol. The largest absolute Gasteiger partial charge is 0.492 e. The van der Waals surface area contributed by atoms with E-state index in [-0.39, 0.29) is 5.91 Å². The topological polar surface area (TPSA) is 81.4 Å². The molecule has 2 aromatic carbocycles. The Balaban J connectivity index is 1.26. The van der Waals surface area contributed by atoms with Crippen molar-refractivity contribution in [1.82, 2.24) is 24.9 Å². The van der Waals surface area contributed by atoms with E-state index in [1.807, 2.05) is 44.2 Å². The van der Waals surface area contributed by atoms with E-state index in [9.17, 15) is 4.79 Å². The molecule has 0 aliphatic rings. The number of nitrogens with zero attached hydrogens (tertiary/aromatic N) is 4. The lowest BCUT2D eigenvalue weighted by Crippen LogP contribution is -2.28. The van der Waals surface area contributed by atoms with Crippen molar-refractivity contribution < 1.29 is 9.53 Å². The Morgan fingerprint density at radius 1 is 1.14 bits per heavy atom. The first-order valence-corrected chi connectivity index (χ1v) is 9.66. The molecule has 2 heterocycles. The van der Waals surface area contributed by atoms with E-state index in [0.717, 1.165) is 28.1 Å². The van der Waals surface area contributed by atoms with Crippen LogP contribution in [0, 0.1) is 13.8 Å². The molecule has 0 aliphatic heterocycles. The van der Waals surface area contributed by atoms with Crippen LogP contribution in [-0.2, 0) is 11.2 Å². The fourth-order valence-corrected chi connectivity index (χ4v) is 3.46. The molecule has 4 rings (SSSR count). The number of hydrogen-bond donors (Lipinski definition) is 1. The average Bonchev–Trinajstić information content (AvgIpc) is 3.19. The number of nitrogens with one attached hydrogen (secondary N) is 1. The molecule has 0 radical (unpaired) electrons. The molecule has 0 bridgehead atoms. The van der Waals surface area contributed by atoms with Crippen LogP contribution in [-0.4, -0.2) is 38.6 Å². The quantitative estimate of drug-likeness (QED) is 0.492. The predicted octanol–water partition coefficient (Wildman–Crippen LogP) is 3.02. The molecule has 0 unspecified atom stereocenters. The lowest BCUT2D eigenvalue weighted by Gasteiger charge is -2.11. The van der Waals surface area contributed by atoms with Crippen molar-refractivity contribution in [2.45, 2.75) is 26.7 Å². The Bertz CT molecular complexity index is 1170. The van der Waals surface area contributed by atoms with Crippen LogP contribution in [0.25, 0.3) is 16.6 Å². The van der Waals surface area contributed by atoms with Gasteiger partial charge in [0.15, 0.2) is 0 Å². The second-order valence-electron chi connectivity index (χ2n) is 6.94. The van der Waals surface area contributed by atoms with Crippen molar-refractivity contribution in [1.29, 1.82) is 0 Å². The third-order valence-electron chi connectivity index (χ3n) is 5.00. The van der Waals surface area contributed by atoms with E-state index >= 15 is 0 Å². The van der Waals surface area contributed by atoms with E-state index in [1.54, 1.807) is 4.52 Å². The number of aromatic nitrogens is 4. The minimum atomic E-state index is -0.00963. The van der Waals surface area contributed by atoms with Gasteiger partial charge < -0.3 is 10.1 Å². The number of carbonyl (C=O) groups excluding carboxylic acids is 1. The molecule has 29 heavy (non-hydrogen) atoms. The number of rotatable bonds is 7. The Morgan fingerprint density at radius 2 is 1.97 bits per heavy atom. The molecule has 0 saturated carbocycles. The van der Waals surface area contributed by atoms with E-state index < -0.39 is 0 Å². The Morgan fingerprint density at radius 3 is 2.83 bits per heavy atom. The van der Waals surface area contributed by atoms with Crippen LogP contribution < -0.4 is 10.1 Å². The standard InChI is InChI=1S/C22H23N5O2/c1-15-20(16(2)27-22(26-15)24-14-25-27)9-10-21(28)23-11-12-29-19-8-7-17-5-3-4-6-18(17)13-19/h3-8,13-14H,9-12H2,1-2H3,(H,23,28). The third kappa shape index (κ3) is 4.18. The van der Waals surface area contributed by atoms with Crippen LogP contribution in [0.3, 0.4) is 0 Å². The first kappa shape index (κ1) is 18.9. The van der Waals surface area contributed by atoms with Gasteiger partial charge in [0.2, 0.25) is 5.91 Å². The van der Waals surface area contributed by atoms with Gasteiger partial charge in [0.1, 0.15) is 18.7 Å². The summed E-state index contributed by atoms with van der Waals surface area (Å²) in [6.07, 6.45) is 2.48. The van der Waals surface area contributed by atoms with Crippen LogP contribution in [0.1, 0.15) is 23.4 Å². The number of ether oxygens (including phenoxy) is 1. The fraction of sp³-hybridized carbons (Fsp3) is 0.273. The van der Waals surface area contributed by atoms with Crippen molar-refractivity contribution >= 4 is 22.5 Å². The number of hydrogen-bond acceptors (Lipinski definition) is 5. The van der Waals surface area contributed by atoms with Crippen LogP contribution in [0.4, 0.5) is 0 Å². The van der Waals surface area contributed by atoms with E-state index in [0.29, 0.717) is 31.8 Å². The van der Waals surface area contributed by atoms with Crippen LogP contribution >= 0.6 is 0 Å². The minimum Gasteiger partial charge on any atom is -0.492 e. The molecule has 148 valence electrons. The number of aryl methyl sites for hydroxylation is 2. The zero-order chi connectivity index (χ0) is 20.2. The summed E-state index contributed by atoms with van der Waals surface area (Å²) in [6, 6.07) is 14.1. The van der Waals surface area contributed by atoms with Gasteiger partial charge in [-0.15, -0.1) is 0 Å². The van der Waals surface area contributed by atoms with Crippen molar-refractivity contribution in [2.24, 2.45) is 0 Å². The molecular formula is C22H23N5O2. The summed E-state index contributed by atoms with van der Waals surface area (Å²) in [4.78, 5) is 20.8. The zero-order valence-corrected chi connectivity index (χ0v) is 16.6. The summed E-state index contributed by atoms with van der Waals surface area (Å²) in [5.74, 6) is 1.38. The van der Waals surface area contributed by atoms with Gasteiger partial charge >= 0.3 is 0 Å². The summed E-state index contributed by atoms with van der Waals surface area (Å²) < 4.78 is 7.47. The van der Waals surface area contributed by atoms with Gasteiger partial charge in [-0.1, -0.05) is 30.3 Å².